The van der Waals surface area contributed by atoms with Gasteiger partial charge in [0.25, 0.3) is 5.91 Å². The Labute approximate surface area is 114 Å². The molecule has 0 fully saturated rings. The molecular formula is C15H22N2O2. The molecule has 0 spiro atoms. The summed E-state index contributed by atoms with van der Waals surface area (Å²) in [5, 5.41) is 2.85. The number of amides is 2. The fourth-order valence-corrected chi connectivity index (χ4v) is 1.82. The maximum absolute atomic E-state index is 11.9. The van der Waals surface area contributed by atoms with Crippen molar-refractivity contribution in [2.24, 2.45) is 5.92 Å². The highest BCUT2D eigenvalue weighted by Crippen LogP contribution is 2.14. The molecule has 1 N–H and O–H groups in total. The van der Waals surface area contributed by atoms with E-state index in [0.29, 0.717) is 11.3 Å². The van der Waals surface area contributed by atoms with E-state index in [2.05, 4.69) is 12.2 Å². The second-order valence-electron chi connectivity index (χ2n) is 4.96. The van der Waals surface area contributed by atoms with Gasteiger partial charge in [0.15, 0.2) is 0 Å². The minimum atomic E-state index is -0.0716. The summed E-state index contributed by atoms with van der Waals surface area (Å²) in [6, 6.07) is 7.02. The van der Waals surface area contributed by atoms with Crippen LogP contribution in [-0.2, 0) is 4.79 Å². The molecule has 0 aromatic heterocycles. The monoisotopic (exact) mass is 262 g/mol. The molecule has 1 rings (SSSR count). The van der Waals surface area contributed by atoms with Crippen LogP contribution in [0.3, 0.4) is 0 Å². The Morgan fingerprint density at radius 1 is 1.32 bits per heavy atom. The van der Waals surface area contributed by atoms with Gasteiger partial charge in [0.1, 0.15) is 0 Å². The van der Waals surface area contributed by atoms with Crippen LogP contribution in [0.2, 0.25) is 0 Å². The molecule has 0 saturated heterocycles. The first-order valence-electron chi connectivity index (χ1n) is 6.58. The van der Waals surface area contributed by atoms with Crippen LogP contribution in [0.5, 0.6) is 0 Å². The lowest BCUT2D eigenvalue weighted by molar-refractivity contribution is -0.119. The molecule has 4 nitrogen and oxygen atoms in total. The summed E-state index contributed by atoms with van der Waals surface area (Å²) in [5.41, 5.74) is 1.24. The fourth-order valence-electron chi connectivity index (χ4n) is 1.82. The number of nitrogens with zero attached hydrogens (tertiary/aromatic N) is 1. The quantitative estimate of drug-likeness (QED) is 0.887. The third-order valence-corrected chi connectivity index (χ3v) is 2.95. The van der Waals surface area contributed by atoms with Gasteiger partial charge in [-0.1, -0.05) is 26.3 Å². The normalized spacial score (nSPS) is 11.8. The summed E-state index contributed by atoms with van der Waals surface area (Å²) >= 11 is 0. The number of rotatable bonds is 5. The number of nitrogens with one attached hydrogen (secondary N) is 1. The lowest BCUT2D eigenvalue weighted by Gasteiger charge is -2.13. The van der Waals surface area contributed by atoms with E-state index in [1.54, 1.807) is 38.4 Å². The largest absolute Gasteiger partial charge is 0.345 e. The predicted molar refractivity (Wildman–Crippen MR) is 77.2 cm³/mol. The number of carbonyl (C=O) groups is 2. The van der Waals surface area contributed by atoms with Crippen molar-refractivity contribution in [3.8, 4) is 0 Å². The maximum Gasteiger partial charge on any atom is 0.253 e. The Morgan fingerprint density at radius 3 is 2.58 bits per heavy atom. The SMILES string of the molecule is CCCC(C)C(=O)Nc1cccc(C(=O)N(C)C)c1. The van der Waals surface area contributed by atoms with Gasteiger partial charge in [-0.3, -0.25) is 9.59 Å². The number of anilines is 1. The Kier molecular flexibility index (Phi) is 5.55. The number of benzene rings is 1. The molecule has 4 heteroatoms. The first-order valence-corrected chi connectivity index (χ1v) is 6.58. The zero-order valence-electron chi connectivity index (χ0n) is 12.1. The fraction of sp³-hybridized carbons (Fsp3) is 0.467. The molecule has 0 heterocycles. The average molecular weight is 262 g/mol. The molecule has 0 aliphatic rings. The van der Waals surface area contributed by atoms with E-state index in [1.807, 2.05) is 6.92 Å². The molecular weight excluding hydrogens is 240 g/mol. The standard InChI is InChI=1S/C15H22N2O2/c1-5-7-11(2)14(18)16-13-9-6-8-12(10-13)15(19)17(3)4/h6,8-11H,5,7H2,1-4H3,(H,16,18). The van der Waals surface area contributed by atoms with Crippen LogP contribution >= 0.6 is 0 Å². The van der Waals surface area contributed by atoms with Crippen LogP contribution in [-0.4, -0.2) is 30.8 Å². The summed E-state index contributed by atoms with van der Waals surface area (Å²) in [4.78, 5) is 25.3. The van der Waals surface area contributed by atoms with E-state index in [4.69, 9.17) is 0 Å². The number of hydrogen-bond donors (Lipinski definition) is 1. The minimum absolute atomic E-state index is 0.00342. The molecule has 0 aliphatic heterocycles. The lowest BCUT2D eigenvalue weighted by Crippen LogP contribution is -2.23. The van der Waals surface area contributed by atoms with Gasteiger partial charge < -0.3 is 10.2 Å². The zero-order chi connectivity index (χ0) is 14.4. The average Bonchev–Trinajstić information content (AvgIpc) is 2.38. The highest BCUT2D eigenvalue weighted by atomic mass is 16.2. The van der Waals surface area contributed by atoms with Gasteiger partial charge in [-0.2, -0.15) is 0 Å². The van der Waals surface area contributed by atoms with Crippen molar-refractivity contribution < 1.29 is 9.59 Å². The van der Waals surface area contributed by atoms with Crippen LogP contribution in [0.1, 0.15) is 37.0 Å². The first-order chi connectivity index (χ1) is 8.95. The molecule has 2 amide bonds. The summed E-state index contributed by atoms with van der Waals surface area (Å²) in [6.45, 7) is 3.97. The van der Waals surface area contributed by atoms with Gasteiger partial charge in [-0.15, -0.1) is 0 Å². The summed E-state index contributed by atoms with van der Waals surface area (Å²) in [5.74, 6) is -0.0905. The van der Waals surface area contributed by atoms with Gasteiger partial charge in [0, 0.05) is 31.3 Å². The Bertz CT molecular complexity index is 455. The second-order valence-corrected chi connectivity index (χ2v) is 4.96. The zero-order valence-corrected chi connectivity index (χ0v) is 12.1. The molecule has 1 aromatic rings. The predicted octanol–water partition coefficient (Wildman–Crippen LogP) is 2.76. The van der Waals surface area contributed by atoms with E-state index >= 15 is 0 Å². The summed E-state index contributed by atoms with van der Waals surface area (Å²) in [6.07, 6.45) is 1.84. The Hall–Kier alpha value is -1.84. The summed E-state index contributed by atoms with van der Waals surface area (Å²) < 4.78 is 0. The van der Waals surface area contributed by atoms with Gasteiger partial charge in [0.2, 0.25) is 5.91 Å². The van der Waals surface area contributed by atoms with Crippen molar-refractivity contribution in [3.05, 3.63) is 29.8 Å². The molecule has 0 aliphatic carbocycles. The highest BCUT2D eigenvalue weighted by Gasteiger charge is 2.13. The van der Waals surface area contributed by atoms with E-state index in [9.17, 15) is 9.59 Å². The van der Waals surface area contributed by atoms with E-state index in [1.165, 1.54) is 4.90 Å². The maximum atomic E-state index is 11.9. The van der Waals surface area contributed by atoms with Crippen molar-refractivity contribution in [2.45, 2.75) is 26.7 Å². The Balaban J connectivity index is 2.77. The number of carbonyl (C=O) groups excluding carboxylic acids is 2. The molecule has 1 atom stereocenters. The van der Waals surface area contributed by atoms with Crippen LogP contribution < -0.4 is 5.32 Å². The van der Waals surface area contributed by atoms with Crippen LogP contribution in [0, 0.1) is 5.92 Å². The molecule has 1 unspecified atom stereocenters. The molecule has 104 valence electrons. The molecule has 1 aromatic carbocycles. The Morgan fingerprint density at radius 2 is 2.00 bits per heavy atom. The topological polar surface area (TPSA) is 49.4 Å². The van der Waals surface area contributed by atoms with Crippen molar-refractivity contribution in [2.75, 3.05) is 19.4 Å². The van der Waals surface area contributed by atoms with Crippen molar-refractivity contribution in [1.82, 2.24) is 4.90 Å². The summed E-state index contributed by atoms with van der Waals surface area (Å²) in [7, 11) is 3.41. The van der Waals surface area contributed by atoms with E-state index in [0.717, 1.165) is 12.8 Å². The van der Waals surface area contributed by atoms with Crippen LogP contribution in [0.15, 0.2) is 24.3 Å². The third kappa shape index (κ3) is 4.39. The molecule has 19 heavy (non-hydrogen) atoms. The van der Waals surface area contributed by atoms with Crippen LogP contribution in [0.25, 0.3) is 0 Å². The van der Waals surface area contributed by atoms with Crippen LogP contribution in [0.4, 0.5) is 5.69 Å². The lowest BCUT2D eigenvalue weighted by atomic mass is 10.1. The van der Waals surface area contributed by atoms with Crippen molar-refractivity contribution in [1.29, 1.82) is 0 Å². The molecule has 0 bridgehead atoms. The minimum Gasteiger partial charge on any atom is -0.345 e. The smallest absolute Gasteiger partial charge is 0.253 e. The van der Waals surface area contributed by atoms with E-state index in [-0.39, 0.29) is 17.7 Å². The number of hydrogen-bond acceptors (Lipinski definition) is 2. The first kappa shape index (κ1) is 15.2. The van der Waals surface area contributed by atoms with Gasteiger partial charge in [-0.05, 0) is 24.6 Å². The third-order valence-electron chi connectivity index (χ3n) is 2.95. The van der Waals surface area contributed by atoms with Crippen molar-refractivity contribution >= 4 is 17.5 Å². The second kappa shape index (κ2) is 6.92. The van der Waals surface area contributed by atoms with Gasteiger partial charge in [0.05, 0.1) is 0 Å². The molecule has 0 radical (unpaired) electrons. The van der Waals surface area contributed by atoms with Crippen molar-refractivity contribution in [3.63, 3.8) is 0 Å². The van der Waals surface area contributed by atoms with E-state index < -0.39 is 0 Å². The molecule has 0 saturated carbocycles. The van der Waals surface area contributed by atoms with Gasteiger partial charge in [-0.25, -0.2) is 0 Å². The van der Waals surface area contributed by atoms with Gasteiger partial charge >= 0.3 is 0 Å². The highest BCUT2D eigenvalue weighted by molar-refractivity contribution is 5.97.